The minimum Gasteiger partial charge on any atom is -0.370 e. The van der Waals surface area contributed by atoms with E-state index < -0.39 is 0 Å². The third-order valence-electron chi connectivity index (χ3n) is 2.39. The molecule has 0 N–H and O–H groups in total. The highest BCUT2D eigenvalue weighted by Gasteiger charge is 2.06. The van der Waals surface area contributed by atoms with Crippen LogP contribution in [-0.2, 0) is 18.0 Å². The molecule has 2 heterocycles. The summed E-state index contributed by atoms with van der Waals surface area (Å²) in [4.78, 5) is 4.92. The molecule has 0 spiro atoms. The molecule has 0 bridgehead atoms. The van der Waals surface area contributed by atoms with Crippen LogP contribution in [0.4, 0.5) is 0 Å². The number of halogens is 1. The van der Waals surface area contributed by atoms with Crippen molar-refractivity contribution in [2.45, 2.75) is 13.2 Å². The molecule has 18 heavy (non-hydrogen) atoms. The van der Waals surface area contributed by atoms with E-state index in [0.717, 1.165) is 15.5 Å². The zero-order valence-electron chi connectivity index (χ0n) is 9.41. The largest absolute Gasteiger partial charge is 0.370 e. The Bertz CT molecular complexity index is 618. The molecule has 0 amide bonds. The van der Waals surface area contributed by atoms with Gasteiger partial charge in [0.2, 0.25) is 4.96 Å². The van der Waals surface area contributed by atoms with Gasteiger partial charge in [-0.2, -0.15) is 5.10 Å². The van der Waals surface area contributed by atoms with Crippen molar-refractivity contribution in [2.24, 2.45) is 0 Å². The van der Waals surface area contributed by atoms with Crippen LogP contribution in [0.1, 0.15) is 10.6 Å². The maximum absolute atomic E-state index is 5.76. The van der Waals surface area contributed by atoms with Gasteiger partial charge in [-0.25, -0.2) is 9.50 Å². The quantitative estimate of drug-likeness (QED) is 0.736. The van der Waals surface area contributed by atoms with Crippen LogP contribution in [0.5, 0.6) is 0 Å². The fourth-order valence-electron chi connectivity index (χ4n) is 1.60. The van der Waals surface area contributed by atoms with Crippen molar-refractivity contribution in [1.29, 1.82) is 0 Å². The fourth-order valence-corrected chi connectivity index (χ4v) is 2.64. The van der Waals surface area contributed by atoms with Gasteiger partial charge >= 0.3 is 0 Å². The molecule has 1 aromatic carbocycles. The lowest BCUT2D eigenvalue weighted by Gasteiger charge is -2.01. The summed E-state index contributed by atoms with van der Waals surface area (Å²) in [7, 11) is 0. The molecule has 2 aromatic heterocycles. The second-order valence-electron chi connectivity index (χ2n) is 3.76. The molecule has 0 unspecified atom stereocenters. The van der Waals surface area contributed by atoms with E-state index in [1.54, 1.807) is 10.7 Å². The Morgan fingerprint density at radius 2 is 2.06 bits per heavy atom. The number of nitrogens with zero attached hydrogens (tertiary/aromatic N) is 3. The third-order valence-corrected chi connectivity index (χ3v) is 3.47. The van der Waals surface area contributed by atoms with Crippen LogP contribution in [-0.4, -0.2) is 14.6 Å². The fraction of sp³-hybridized carbons (Fsp3) is 0.167. The molecule has 0 aliphatic heterocycles. The van der Waals surface area contributed by atoms with Crippen molar-refractivity contribution in [3.05, 3.63) is 52.3 Å². The summed E-state index contributed by atoms with van der Waals surface area (Å²) in [6.45, 7) is 1.07. The van der Waals surface area contributed by atoms with Crippen LogP contribution in [0.25, 0.3) is 4.96 Å². The lowest BCUT2D eigenvalue weighted by molar-refractivity contribution is 0.106. The van der Waals surface area contributed by atoms with Crippen molar-refractivity contribution in [1.82, 2.24) is 14.6 Å². The number of fused-ring (bicyclic) bond motifs is 1. The SMILES string of the molecule is Clc1cn2nc(COCc3ccccc3)sc2n1. The van der Waals surface area contributed by atoms with Gasteiger partial charge in [-0.1, -0.05) is 53.3 Å². The maximum atomic E-state index is 5.76. The number of hydrogen-bond acceptors (Lipinski definition) is 4. The molecule has 0 fully saturated rings. The van der Waals surface area contributed by atoms with Gasteiger partial charge in [-0.05, 0) is 5.56 Å². The van der Waals surface area contributed by atoms with E-state index in [1.807, 2.05) is 30.3 Å². The van der Waals surface area contributed by atoms with Crippen LogP contribution in [0.3, 0.4) is 0 Å². The highest BCUT2D eigenvalue weighted by atomic mass is 35.5. The van der Waals surface area contributed by atoms with Gasteiger partial charge in [0.15, 0.2) is 5.15 Å². The van der Waals surface area contributed by atoms with Gasteiger partial charge in [0.1, 0.15) is 11.6 Å². The molecule has 4 nitrogen and oxygen atoms in total. The summed E-state index contributed by atoms with van der Waals surface area (Å²) in [5.41, 5.74) is 1.15. The smallest absolute Gasteiger partial charge is 0.213 e. The van der Waals surface area contributed by atoms with E-state index in [1.165, 1.54) is 11.3 Å². The Labute approximate surface area is 113 Å². The van der Waals surface area contributed by atoms with Crippen molar-refractivity contribution >= 4 is 27.9 Å². The molecule has 0 radical (unpaired) electrons. The average molecular weight is 280 g/mol. The lowest BCUT2D eigenvalue weighted by Crippen LogP contribution is -1.94. The van der Waals surface area contributed by atoms with Gasteiger partial charge in [0.05, 0.1) is 12.8 Å². The number of aromatic nitrogens is 3. The first-order chi connectivity index (χ1) is 8.81. The summed E-state index contributed by atoms with van der Waals surface area (Å²) in [5.74, 6) is 0. The molecule has 0 saturated carbocycles. The van der Waals surface area contributed by atoms with E-state index in [9.17, 15) is 0 Å². The van der Waals surface area contributed by atoms with E-state index in [4.69, 9.17) is 16.3 Å². The molecular weight excluding hydrogens is 270 g/mol. The van der Waals surface area contributed by atoms with Crippen molar-refractivity contribution in [3.8, 4) is 0 Å². The minimum atomic E-state index is 0.463. The van der Waals surface area contributed by atoms with Crippen LogP contribution in [0, 0.1) is 0 Å². The molecule has 3 aromatic rings. The Balaban J connectivity index is 1.61. The van der Waals surface area contributed by atoms with Gasteiger partial charge in [0, 0.05) is 0 Å². The zero-order valence-corrected chi connectivity index (χ0v) is 11.0. The van der Waals surface area contributed by atoms with E-state index in [-0.39, 0.29) is 0 Å². The summed E-state index contributed by atoms with van der Waals surface area (Å²) in [5, 5.41) is 5.69. The number of ether oxygens (including phenoxy) is 1. The third kappa shape index (κ3) is 2.53. The van der Waals surface area contributed by atoms with Gasteiger partial charge in [-0.3, -0.25) is 0 Å². The molecule has 3 rings (SSSR count). The highest BCUT2D eigenvalue weighted by Crippen LogP contribution is 2.18. The Morgan fingerprint density at radius 3 is 2.83 bits per heavy atom. The summed E-state index contributed by atoms with van der Waals surface area (Å²) < 4.78 is 7.28. The standard InChI is InChI=1S/C12H10ClN3OS/c13-10-6-16-12(14-10)18-11(15-16)8-17-7-9-4-2-1-3-5-9/h1-6H,7-8H2. The lowest BCUT2D eigenvalue weighted by atomic mass is 10.2. The van der Waals surface area contributed by atoms with Crippen LogP contribution < -0.4 is 0 Å². The van der Waals surface area contributed by atoms with Gasteiger partial charge < -0.3 is 4.74 Å². The summed E-state index contributed by atoms with van der Waals surface area (Å²) in [6, 6.07) is 10.1. The molecular formula is C12H10ClN3OS. The zero-order chi connectivity index (χ0) is 12.4. The molecule has 0 aliphatic rings. The number of hydrogen-bond donors (Lipinski definition) is 0. The normalized spacial score (nSPS) is 11.2. The molecule has 0 atom stereocenters. The summed E-state index contributed by atoms with van der Waals surface area (Å²) in [6.07, 6.45) is 1.69. The van der Waals surface area contributed by atoms with Gasteiger partial charge in [-0.15, -0.1) is 0 Å². The molecule has 92 valence electrons. The average Bonchev–Trinajstić information content (AvgIpc) is 2.87. The number of imidazole rings is 1. The Morgan fingerprint density at radius 1 is 1.22 bits per heavy atom. The predicted octanol–water partition coefficient (Wildman–Crippen LogP) is 3.16. The minimum absolute atomic E-state index is 0.463. The second kappa shape index (κ2) is 5.06. The van der Waals surface area contributed by atoms with Crippen molar-refractivity contribution in [3.63, 3.8) is 0 Å². The predicted molar refractivity (Wildman–Crippen MR) is 70.8 cm³/mol. The van der Waals surface area contributed by atoms with Crippen LogP contribution in [0.15, 0.2) is 36.5 Å². The molecule has 6 heteroatoms. The Kier molecular flexibility index (Phi) is 3.27. The van der Waals surface area contributed by atoms with Crippen molar-refractivity contribution < 1.29 is 4.74 Å². The topological polar surface area (TPSA) is 39.4 Å². The first-order valence-electron chi connectivity index (χ1n) is 5.43. The van der Waals surface area contributed by atoms with E-state index in [2.05, 4.69) is 10.1 Å². The second-order valence-corrected chi connectivity index (χ2v) is 5.19. The van der Waals surface area contributed by atoms with Gasteiger partial charge in [0.25, 0.3) is 0 Å². The van der Waals surface area contributed by atoms with Crippen molar-refractivity contribution in [2.75, 3.05) is 0 Å². The van der Waals surface area contributed by atoms with E-state index in [0.29, 0.717) is 18.4 Å². The van der Waals surface area contributed by atoms with E-state index >= 15 is 0 Å². The van der Waals surface area contributed by atoms with Crippen LogP contribution >= 0.6 is 22.9 Å². The monoisotopic (exact) mass is 279 g/mol. The summed E-state index contributed by atoms with van der Waals surface area (Å²) >= 11 is 7.25. The first-order valence-corrected chi connectivity index (χ1v) is 6.63. The number of rotatable bonds is 4. The highest BCUT2D eigenvalue weighted by molar-refractivity contribution is 7.16. The van der Waals surface area contributed by atoms with Crippen LogP contribution in [0.2, 0.25) is 5.15 Å². The first kappa shape index (κ1) is 11.6. The Hall–Kier alpha value is -1.43. The molecule has 0 aliphatic carbocycles. The number of benzene rings is 1. The maximum Gasteiger partial charge on any atom is 0.213 e. The molecule has 0 saturated heterocycles.